The van der Waals surface area contributed by atoms with E-state index < -0.39 is 0 Å². The van der Waals surface area contributed by atoms with Gasteiger partial charge in [-0.2, -0.15) is 0 Å². The molecule has 0 aromatic heterocycles. The van der Waals surface area contributed by atoms with E-state index in [-0.39, 0.29) is 18.5 Å². The molecule has 0 atom stereocenters. The van der Waals surface area contributed by atoms with Gasteiger partial charge in [0.15, 0.2) is 6.79 Å². The highest BCUT2D eigenvalue weighted by Crippen LogP contribution is 2.34. The molecule has 0 N–H and O–H groups in total. The van der Waals surface area contributed by atoms with E-state index >= 15 is 4.39 Å². The lowest BCUT2D eigenvalue weighted by molar-refractivity contribution is 0.0499. The minimum absolute atomic E-state index is 0.0160. The van der Waals surface area contributed by atoms with Crippen molar-refractivity contribution >= 4 is 11.6 Å². The van der Waals surface area contributed by atoms with Gasteiger partial charge in [-0.05, 0) is 54.2 Å². The molecule has 0 amide bonds. The minimum atomic E-state index is -0.248. The number of methoxy groups -OCH3 is 1. The van der Waals surface area contributed by atoms with Crippen molar-refractivity contribution in [2.24, 2.45) is 0 Å². The zero-order valence-corrected chi connectivity index (χ0v) is 18.2. The molecule has 0 saturated carbocycles. The van der Waals surface area contributed by atoms with Crippen molar-refractivity contribution in [1.82, 2.24) is 0 Å². The van der Waals surface area contributed by atoms with E-state index in [0.717, 1.165) is 29.7 Å². The van der Waals surface area contributed by atoms with Crippen LogP contribution in [0.5, 0.6) is 11.5 Å². The van der Waals surface area contributed by atoms with Gasteiger partial charge in [-0.25, -0.2) is 4.39 Å². The first-order chi connectivity index (χ1) is 13.4. The van der Waals surface area contributed by atoms with Crippen LogP contribution in [0.25, 0.3) is 0 Å². The molecular weight excluding hydrogens is 379 g/mol. The van der Waals surface area contributed by atoms with Crippen molar-refractivity contribution in [2.45, 2.75) is 52.9 Å². The average molecular weight is 409 g/mol. The van der Waals surface area contributed by atoms with E-state index in [2.05, 4.69) is 6.92 Å². The molecular formula is C23H30ClFO3. The van der Waals surface area contributed by atoms with Crippen LogP contribution < -0.4 is 9.47 Å². The van der Waals surface area contributed by atoms with Crippen LogP contribution >= 0.6 is 11.6 Å². The molecule has 0 aliphatic heterocycles. The second-order valence-electron chi connectivity index (χ2n) is 7.24. The topological polar surface area (TPSA) is 27.7 Å². The maximum Gasteiger partial charge on any atom is 0.188 e. The van der Waals surface area contributed by atoms with Crippen LogP contribution in [-0.4, -0.2) is 20.5 Å². The molecule has 2 aromatic carbocycles. The molecule has 0 bridgehead atoms. The summed E-state index contributed by atoms with van der Waals surface area (Å²) in [6.45, 7) is 8.75. The molecule has 5 heteroatoms. The van der Waals surface area contributed by atoms with Gasteiger partial charge < -0.3 is 14.2 Å². The van der Waals surface area contributed by atoms with Gasteiger partial charge in [0.1, 0.15) is 17.3 Å². The number of benzene rings is 2. The van der Waals surface area contributed by atoms with Crippen molar-refractivity contribution in [2.75, 3.05) is 20.5 Å². The van der Waals surface area contributed by atoms with Gasteiger partial charge in [-0.3, -0.25) is 0 Å². The Kier molecular flexibility index (Phi) is 8.58. The van der Waals surface area contributed by atoms with Crippen molar-refractivity contribution in [3.8, 4) is 11.5 Å². The number of rotatable bonds is 10. The number of hydrogen-bond acceptors (Lipinski definition) is 3. The van der Waals surface area contributed by atoms with Gasteiger partial charge in [0, 0.05) is 24.1 Å². The summed E-state index contributed by atoms with van der Waals surface area (Å²) in [5, 5.41) is 0.594. The van der Waals surface area contributed by atoms with Crippen LogP contribution in [0.3, 0.4) is 0 Å². The largest absolute Gasteiger partial charge is 0.494 e. The molecule has 154 valence electrons. The Morgan fingerprint density at radius 3 is 2.50 bits per heavy atom. The van der Waals surface area contributed by atoms with E-state index in [9.17, 15) is 0 Å². The maximum absolute atomic E-state index is 15.3. The number of unbranched alkanes of at least 4 members (excludes halogenated alkanes) is 1. The molecule has 0 aliphatic rings. The fourth-order valence-corrected chi connectivity index (χ4v) is 3.44. The first-order valence-corrected chi connectivity index (χ1v) is 10.1. The number of hydrogen-bond donors (Lipinski definition) is 0. The van der Waals surface area contributed by atoms with Crippen molar-refractivity contribution < 1.29 is 18.6 Å². The van der Waals surface area contributed by atoms with Crippen LogP contribution in [0.2, 0.25) is 5.02 Å². The predicted molar refractivity (Wildman–Crippen MR) is 112 cm³/mol. The molecule has 0 aliphatic carbocycles. The Balaban J connectivity index is 2.31. The summed E-state index contributed by atoms with van der Waals surface area (Å²) in [5.41, 5.74) is 3.05. The van der Waals surface area contributed by atoms with E-state index in [1.165, 1.54) is 0 Å². The van der Waals surface area contributed by atoms with Crippen LogP contribution in [0.1, 0.15) is 61.8 Å². The summed E-state index contributed by atoms with van der Waals surface area (Å²) < 4.78 is 31.5. The zero-order chi connectivity index (χ0) is 20.7. The summed E-state index contributed by atoms with van der Waals surface area (Å²) >= 11 is 6.51. The average Bonchev–Trinajstić information content (AvgIpc) is 2.64. The first kappa shape index (κ1) is 22.5. The van der Waals surface area contributed by atoms with Crippen molar-refractivity contribution in [1.29, 1.82) is 0 Å². The Labute approximate surface area is 172 Å². The third kappa shape index (κ3) is 5.62. The van der Waals surface area contributed by atoms with Crippen LogP contribution in [0.15, 0.2) is 24.3 Å². The fourth-order valence-electron chi connectivity index (χ4n) is 3.12. The van der Waals surface area contributed by atoms with Crippen LogP contribution in [0, 0.1) is 12.7 Å². The Morgan fingerprint density at radius 1 is 1.14 bits per heavy atom. The van der Waals surface area contributed by atoms with E-state index in [1.54, 1.807) is 19.2 Å². The Hall–Kier alpha value is -1.78. The quantitative estimate of drug-likeness (QED) is 0.325. The number of ether oxygens (including phenoxy) is 3. The monoisotopic (exact) mass is 408 g/mol. The van der Waals surface area contributed by atoms with Crippen LogP contribution in [0.4, 0.5) is 4.39 Å². The molecule has 2 rings (SSSR count). The maximum atomic E-state index is 15.3. The van der Waals surface area contributed by atoms with Gasteiger partial charge in [0.2, 0.25) is 0 Å². The summed E-state index contributed by atoms with van der Waals surface area (Å²) in [7, 11) is 1.54. The second-order valence-corrected chi connectivity index (χ2v) is 7.64. The Morgan fingerprint density at radius 2 is 1.89 bits per heavy atom. The third-order valence-electron chi connectivity index (χ3n) is 4.66. The highest BCUT2D eigenvalue weighted by molar-refractivity contribution is 6.31. The zero-order valence-electron chi connectivity index (χ0n) is 17.4. The predicted octanol–water partition coefficient (Wildman–Crippen LogP) is 6.66. The molecule has 0 heterocycles. The lowest BCUT2D eigenvalue weighted by atomic mass is 9.94. The van der Waals surface area contributed by atoms with E-state index in [1.807, 2.05) is 32.9 Å². The first-order valence-electron chi connectivity index (χ1n) is 9.73. The number of halogens is 2. The highest BCUT2D eigenvalue weighted by atomic mass is 35.5. The van der Waals surface area contributed by atoms with Gasteiger partial charge in [-0.15, -0.1) is 0 Å². The highest BCUT2D eigenvalue weighted by Gasteiger charge is 2.19. The smallest absolute Gasteiger partial charge is 0.188 e. The molecule has 0 fully saturated rings. The summed E-state index contributed by atoms with van der Waals surface area (Å²) in [6, 6.07) is 7.34. The normalized spacial score (nSPS) is 11.1. The summed E-state index contributed by atoms with van der Waals surface area (Å²) in [5.74, 6) is 1.01. The standard InChI is InChI=1S/C23H30ClFO3/c1-6-7-10-27-18-11-16(4)19(20(24)13-18)12-17-8-9-21(28-14-26-5)22(15(2)3)23(17)25/h8-9,11,13,15H,6-7,10,12,14H2,1-5H3. The number of aryl methyl sites for hydroxylation is 1. The van der Waals surface area contributed by atoms with Crippen LogP contribution in [-0.2, 0) is 11.2 Å². The summed E-state index contributed by atoms with van der Waals surface area (Å²) in [4.78, 5) is 0. The summed E-state index contributed by atoms with van der Waals surface area (Å²) in [6.07, 6.45) is 2.49. The lowest BCUT2D eigenvalue weighted by Crippen LogP contribution is -2.07. The molecule has 28 heavy (non-hydrogen) atoms. The van der Waals surface area contributed by atoms with Gasteiger partial charge in [-0.1, -0.05) is 44.9 Å². The molecule has 0 radical (unpaired) electrons. The minimum Gasteiger partial charge on any atom is -0.494 e. The van der Waals surface area contributed by atoms with Crippen molar-refractivity contribution in [3.05, 3.63) is 57.4 Å². The van der Waals surface area contributed by atoms with E-state index in [4.69, 9.17) is 25.8 Å². The van der Waals surface area contributed by atoms with Gasteiger partial charge in [0.25, 0.3) is 0 Å². The van der Waals surface area contributed by atoms with Crippen molar-refractivity contribution in [3.63, 3.8) is 0 Å². The molecule has 0 saturated heterocycles. The SMILES string of the molecule is CCCCOc1cc(C)c(Cc2ccc(OCOC)c(C(C)C)c2F)c(Cl)c1. The molecule has 3 nitrogen and oxygen atoms in total. The molecule has 0 unspecified atom stereocenters. The van der Waals surface area contributed by atoms with Gasteiger partial charge in [0.05, 0.1) is 6.61 Å². The third-order valence-corrected chi connectivity index (χ3v) is 4.99. The fraction of sp³-hybridized carbons (Fsp3) is 0.478. The van der Waals surface area contributed by atoms with E-state index in [0.29, 0.717) is 34.9 Å². The Bertz CT molecular complexity index is 767. The molecule has 2 aromatic rings. The van der Waals surface area contributed by atoms with Gasteiger partial charge >= 0.3 is 0 Å². The molecule has 0 spiro atoms. The second kappa shape index (κ2) is 10.7. The lowest BCUT2D eigenvalue weighted by Gasteiger charge is -2.18.